The minimum Gasteiger partial charge on any atom is -0.390 e. The second kappa shape index (κ2) is 31.1. The van der Waals surface area contributed by atoms with Gasteiger partial charge >= 0.3 is 7.82 Å². The van der Waals surface area contributed by atoms with Gasteiger partial charge < -0.3 is 41.1 Å². The monoisotopic (exact) mass is 956 g/mol. The molecule has 0 radical (unpaired) electrons. The second-order valence-corrected chi connectivity index (χ2v) is 23.2. The second-order valence-electron chi connectivity index (χ2n) is 22.0. The van der Waals surface area contributed by atoms with Gasteiger partial charge in [0.15, 0.2) is 0 Å². The summed E-state index contributed by atoms with van der Waals surface area (Å²) in [5, 5.41) is 26.6. The van der Waals surface area contributed by atoms with Crippen molar-refractivity contribution in [3.8, 4) is 12.1 Å². The van der Waals surface area contributed by atoms with Crippen LogP contribution >= 0.6 is 7.82 Å². The Bertz CT molecular complexity index is 1360. The summed E-state index contributed by atoms with van der Waals surface area (Å²) < 4.78 is 14.8. The molecule has 0 aromatic carbocycles. The minimum atomic E-state index is -4.27. The van der Waals surface area contributed by atoms with E-state index in [2.05, 4.69) is 148 Å². The lowest BCUT2D eigenvalue weighted by Gasteiger charge is -2.41. The van der Waals surface area contributed by atoms with Crippen molar-refractivity contribution in [3.05, 3.63) is 0 Å². The molecule has 5 unspecified atom stereocenters. The van der Waals surface area contributed by atoms with Crippen LogP contribution in [0.5, 0.6) is 0 Å². The third kappa shape index (κ3) is 24.5. The van der Waals surface area contributed by atoms with Gasteiger partial charge in [0.2, 0.25) is 0 Å². The van der Waals surface area contributed by atoms with Gasteiger partial charge in [0.1, 0.15) is 0 Å². The molecule has 0 aromatic heterocycles. The first kappa shape index (κ1) is 62.7. The molecule has 7 aliphatic rings. The standard InChI is InChI=1S/C8H15N3.C8H14N2O.C7H16N2.2C7H15N.C6H14NO4P.C6H13N/c1-6(2)11-4-7(3-9)8(10)5-11;1-6(2)10-4-7(3-9)8(11)5-10;1-6(2)9-4-3-7(8)5-9;2*1-6(2)8-4-7(3)5-8;1-5(2)7-3-6(4-7)11-12(8,9)10;1-6(2)7-4-3-5-7/h6-8H,4-5,10H2,1-2H3;6-8,11H,4-5H2,1-2H3;6-7H,3-5,8H2,1-2H3;2*6-7H,4-5H2,1-3H3;5-6H,3-4H2,1-2H3,(H2,8,9,10);6H,3-5H2,1-2H3. The number of aliphatic hydroxyl groups is 1. The Kier molecular flexibility index (Phi) is 29.6. The zero-order chi connectivity index (χ0) is 50.6. The highest BCUT2D eigenvalue weighted by atomic mass is 31.2. The Morgan fingerprint density at radius 1 is 0.515 bits per heavy atom. The molecular weight excluding hydrogens is 854 g/mol. The molecule has 0 bridgehead atoms. The number of hydrogen-bond donors (Lipinski definition) is 5. The molecule has 0 aliphatic carbocycles. The highest BCUT2D eigenvalue weighted by Gasteiger charge is 2.35. The van der Waals surface area contributed by atoms with Gasteiger partial charge in [-0.3, -0.25) is 24.1 Å². The van der Waals surface area contributed by atoms with Gasteiger partial charge in [-0.1, -0.05) is 13.8 Å². The Balaban J connectivity index is 0.000000388. The topological polar surface area (TPSA) is 209 Å². The van der Waals surface area contributed by atoms with Crippen molar-refractivity contribution < 1.29 is 24.0 Å². The lowest BCUT2D eigenvalue weighted by atomic mass is 10.0. The molecule has 7 saturated heterocycles. The molecule has 66 heavy (non-hydrogen) atoms. The Morgan fingerprint density at radius 2 is 0.879 bits per heavy atom. The van der Waals surface area contributed by atoms with Crippen LogP contribution < -0.4 is 11.5 Å². The zero-order valence-corrected chi connectivity index (χ0v) is 45.7. The Morgan fingerprint density at radius 3 is 1.08 bits per heavy atom. The van der Waals surface area contributed by atoms with Crippen LogP contribution in [0.1, 0.15) is 124 Å². The summed E-state index contributed by atoms with van der Waals surface area (Å²) in [5.41, 5.74) is 11.5. The molecule has 388 valence electrons. The molecule has 7 heterocycles. The van der Waals surface area contributed by atoms with Gasteiger partial charge in [0.25, 0.3) is 0 Å². The number of nitrogens with zero attached hydrogens (tertiary/aromatic N) is 9. The SMILES string of the molecule is CC(C)N1CC(N)C(C#N)C1.CC(C)N1CC(O)C(C#N)C1.CC(C)N1CC(OP(=O)(O)O)C1.CC(C)N1CCC(N)C1.CC(C)N1CCC1.CC1CN(C(C)C)C1.CC1CN(C(C)C)C1. The first-order valence-corrected chi connectivity index (χ1v) is 27.0. The summed E-state index contributed by atoms with van der Waals surface area (Å²) in [6.45, 7) is 49.6. The van der Waals surface area contributed by atoms with E-state index in [9.17, 15) is 9.67 Å². The number of rotatable bonds is 9. The van der Waals surface area contributed by atoms with Crippen molar-refractivity contribution in [2.24, 2.45) is 35.1 Å². The summed E-state index contributed by atoms with van der Waals surface area (Å²) in [7, 11) is -4.27. The maximum atomic E-state index is 10.4. The van der Waals surface area contributed by atoms with Crippen LogP contribution in [0.15, 0.2) is 0 Å². The normalized spacial score (nSPS) is 27.1. The number of phosphoric ester groups is 1. The van der Waals surface area contributed by atoms with Crippen molar-refractivity contribution in [1.82, 2.24) is 34.3 Å². The van der Waals surface area contributed by atoms with Crippen LogP contribution in [0, 0.1) is 46.3 Å². The molecule has 7 fully saturated rings. The predicted molar refractivity (Wildman–Crippen MR) is 272 cm³/mol. The molecule has 0 amide bonds. The van der Waals surface area contributed by atoms with Gasteiger partial charge in [-0.05, 0) is 141 Å². The first-order chi connectivity index (χ1) is 30.6. The summed E-state index contributed by atoms with van der Waals surface area (Å²) >= 11 is 0. The van der Waals surface area contributed by atoms with E-state index in [0.717, 1.165) is 56.1 Å². The fourth-order valence-electron chi connectivity index (χ4n) is 8.42. The van der Waals surface area contributed by atoms with Crippen LogP contribution in [0.3, 0.4) is 0 Å². The third-order valence-electron chi connectivity index (χ3n) is 13.6. The largest absolute Gasteiger partial charge is 0.469 e. The molecule has 16 nitrogen and oxygen atoms in total. The van der Waals surface area contributed by atoms with Crippen LogP contribution in [0.25, 0.3) is 0 Å². The highest BCUT2D eigenvalue weighted by molar-refractivity contribution is 7.46. The molecule has 7 aliphatic heterocycles. The number of nitrogens with two attached hydrogens (primary N) is 2. The van der Waals surface area contributed by atoms with Crippen molar-refractivity contribution in [3.63, 3.8) is 0 Å². The number of aliphatic hydroxyl groups excluding tert-OH is 1. The molecule has 0 spiro atoms. The summed E-state index contributed by atoms with van der Waals surface area (Å²) in [5.74, 6) is 1.77. The van der Waals surface area contributed by atoms with Gasteiger partial charge in [0, 0.05) is 126 Å². The van der Waals surface area contributed by atoms with Crippen molar-refractivity contribution in [1.29, 1.82) is 10.5 Å². The fraction of sp³-hybridized carbons (Fsp3) is 0.959. The number of likely N-dealkylation sites (tertiary alicyclic amines) is 7. The first-order valence-electron chi connectivity index (χ1n) is 25.5. The Hall–Kier alpha value is -1.31. The van der Waals surface area contributed by atoms with Gasteiger partial charge in [-0.15, -0.1) is 0 Å². The lowest BCUT2D eigenvalue weighted by molar-refractivity contribution is -0.0154. The summed E-state index contributed by atoms with van der Waals surface area (Å²) in [6.07, 6.45) is 1.85. The van der Waals surface area contributed by atoms with E-state index in [1.807, 2.05) is 13.8 Å². The van der Waals surface area contributed by atoms with Gasteiger partial charge in [0.05, 0.1) is 36.2 Å². The predicted octanol–water partition coefficient (Wildman–Crippen LogP) is 4.80. The highest BCUT2D eigenvalue weighted by Crippen LogP contribution is 2.39. The summed E-state index contributed by atoms with van der Waals surface area (Å²) in [6, 6.07) is 9.20. The van der Waals surface area contributed by atoms with Crippen molar-refractivity contribution in [2.45, 2.75) is 190 Å². The van der Waals surface area contributed by atoms with E-state index < -0.39 is 13.9 Å². The molecule has 7 rings (SSSR count). The molecule has 5 atom stereocenters. The van der Waals surface area contributed by atoms with Crippen molar-refractivity contribution >= 4 is 7.82 Å². The average Bonchev–Trinajstić information content (AvgIpc) is 3.88. The van der Waals surface area contributed by atoms with E-state index in [4.69, 9.17) is 31.8 Å². The fourth-order valence-corrected chi connectivity index (χ4v) is 8.94. The molecule has 0 saturated carbocycles. The van der Waals surface area contributed by atoms with Gasteiger partial charge in [-0.25, -0.2) is 4.57 Å². The average molecular weight is 956 g/mol. The van der Waals surface area contributed by atoms with E-state index in [-0.39, 0.29) is 24.0 Å². The lowest BCUT2D eigenvalue weighted by Crippen LogP contribution is -2.54. The molecule has 17 heteroatoms. The quantitative estimate of drug-likeness (QED) is 0.197. The maximum absolute atomic E-state index is 10.4. The van der Waals surface area contributed by atoms with E-state index in [1.165, 1.54) is 58.7 Å². The van der Waals surface area contributed by atoms with E-state index in [1.54, 1.807) is 0 Å². The van der Waals surface area contributed by atoms with Gasteiger partial charge in [-0.2, -0.15) is 10.5 Å². The number of hydrogen-bond acceptors (Lipinski definition) is 14. The van der Waals surface area contributed by atoms with Crippen LogP contribution in [0.2, 0.25) is 0 Å². The maximum Gasteiger partial charge on any atom is 0.469 e. The van der Waals surface area contributed by atoms with Crippen molar-refractivity contribution in [2.75, 3.05) is 91.6 Å². The number of phosphoric acid groups is 1. The molecule has 7 N–H and O–H groups in total. The minimum absolute atomic E-state index is 0.0393. The smallest absolute Gasteiger partial charge is 0.390 e. The number of nitriles is 2. The molecular formula is C49H102N11O5P. The van der Waals surface area contributed by atoms with E-state index >= 15 is 0 Å². The number of β-amino-alcohol motifs (C(OH)–C–C–N with tert-alkyl or cyclic N) is 1. The molecule has 0 aromatic rings. The van der Waals surface area contributed by atoms with Crippen LogP contribution in [-0.4, -0.2) is 207 Å². The Labute approximate surface area is 404 Å². The summed E-state index contributed by atoms with van der Waals surface area (Å²) in [4.78, 5) is 33.2. The van der Waals surface area contributed by atoms with E-state index in [0.29, 0.717) is 49.8 Å². The third-order valence-corrected chi connectivity index (χ3v) is 14.2. The van der Waals surface area contributed by atoms with Crippen LogP contribution in [-0.2, 0) is 9.09 Å². The zero-order valence-electron chi connectivity index (χ0n) is 44.8. The van der Waals surface area contributed by atoms with Crippen LogP contribution in [0.4, 0.5) is 0 Å².